The number of imidazole rings is 1. The van der Waals surface area contributed by atoms with Crippen LogP contribution in [0.25, 0.3) is 22.4 Å². The first-order valence-electron chi connectivity index (χ1n) is 12.2. The monoisotopic (exact) mass is 564 g/mol. The van der Waals surface area contributed by atoms with Crippen LogP contribution in [0.2, 0.25) is 4.34 Å². The normalized spacial score (nSPS) is 17.1. The number of amides is 1. The molecule has 39 heavy (non-hydrogen) atoms. The SMILES string of the molecule is Cc1ccc(Cl)s1.N#Cc1ccc(F)c(-c2nc3cnc(C(N)=NC=N)cc3n2C2CCCC(NC=O)C2)c1. The number of benzene rings is 1. The number of amidine groups is 1. The Morgan fingerprint density at radius 3 is 2.82 bits per heavy atom. The summed E-state index contributed by atoms with van der Waals surface area (Å²) < 4.78 is 17.7. The van der Waals surface area contributed by atoms with Crippen molar-refractivity contribution in [3.63, 3.8) is 0 Å². The van der Waals surface area contributed by atoms with Crippen LogP contribution in [0.4, 0.5) is 4.39 Å². The second-order valence-corrected chi connectivity index (χ2v) is 10.9. The van der Waals surface area contributed by atoms with E-state index in [0.29, 0.717) is 40.9 Å². The summed E-state index contributed by atoms with van der Waals surface area (Å²) in [5, 5.41) is 19.3. The third-order valence-corrected chi connectivity index (χ3v) is 7.55. The number of carbonyl (C=O) groups is 1. The van der Waals surface area contributed by atoms with Gasteiger partial charge in [-0.1, -0.05) is 11.6 Å². The number of fused-ring (bicyclic) bond motifs is 1. The number of hydrogen-bond acceptors (Lipinski definition) is 6. The van der Waals surface area contributed by atoms with Crippen molar-refractivity contribution in [3.05, 3.63) is 68.9 Å². The van der Waals surface area contributed by atoms with Gasteiger partial charge in [-0.3, -0.25) is 15.2 Å². The van der Waals surface area contributed by atoms with E-state index in [4.69, 9.17) is 22.7 Å². The molecule has 0 saturated heterocycles. The van der Waals surface area contributed by atoms with Crippen LogP contribution in [-0.2, 0) is 4.79 Å². The van der Waals surface area contributed by atoms with Crippen LogP contribution < -0.4 is 11.1 Å². The first-order chi connectivity index (χ1) is 18.8. The van der Waals surface area contributed by atoms with Crippen molar-refractivity contribution in [3.8, 4) is 17.5 Å². The number of halogens is 2. The van der Waals surface area contributed by atoms with Gasteiger partial charge >= 0.3 is 0 Å². The Morgan fingerprint density at radius 2 is 2.18 bits per heavy atom. The smallest absolute Gasteiger partial charge is 0.207 e. The summed E-state index contributed by atoms with van der Waals surface area (Å²) in [5.41, 5.74) is 8.07. The first kappa shape index (κ1) is 27.9. The van der Waals surface area contributed by atoms with Crippen LogP contribution in [0.3, 0.4) is 0 Å². The van der Waals surface area contributed by atoms with Crippen molar-refractivity contribution < 1.29 is 9.18 Å². The Morgan fingerprint density at radius 1 is 1.36 bits per heavy atom. The van der Waals surface area contributed by atoms with Gasteiger partial charge in [0.1, 0.15) is 29.2 Å². The molecule has 1 fully saturated rings. The number of hydrogen-bond donors (Lipinski definition) is 3. The summed E-state index contributed by atoms with van der Waals surface area (Å²) in [5.74, 6) is -0.0251. The van der Waals surface area contributed by atoms with Crippen molar-refractivity contribution in [1.82, 2.24) is 19.9 Å². The van der Waals surface area contributed by atoms with Gasteiger partial charge in [-0.25, -0.2) is 14.4 Å². The third-order valence-electron chi connectivity index (χ3n) is 6.40. The van der Waals surface area contributed by atoms with Gasteiger partial charge in [0.25, 0.3) is 0 Å². The van der Waals surface area contributed by atoms with Gasteiger partial charge < -0.3 is 15.6 Å². The lowest BCUT2D eigenvalue weighted by Crippen LogP contribution is -2.34. The molecule has 9 nitrogen and oxygen atoms in total. The number of rotatable bonds is 6. The van der Waals surface area contributed by atoms with Gasteiger partial charge in [0, 0.05) is 17.0 Å². The van der Waals surface area contributed by atoms with Crippen LogP contribution >= 0.6 is 22.9 Å². The van der Waals surface area contributed by atoms with Crippen LogP contribution in [0, 0.1) is 29.5 Å². The van der Waals surface area contributed by atoms with E-state index in [1.165, 1.54) is 29.3 Å². The minimum absolute atomic E-state index is 0.00214. The lowest BCUT2D eigenvalue weighted by Gasteiger charge is -2.31. The Labute approximate surface area is 233 Å². The highest BCUT2D eigenvalue weighted by Gasteiger charge is 2.28. The van der Waals surface area contributed by atoms with Crippen molar-refractivity contribution in [2.75, 3.05) is 0 Å². The Balaban J connectivity index is 0.000000438. The summed E-state index contributed by atoms with van der Waals surface area (Å²) in [6.45, 7) is 2.04. The molecule has 0 aliphatic heterocycles. The minimum Gasteiger partial charge on any atom is -0.382 e. The third kappa shape index (κ3) is 6.47. The number of carbonyl (C=O) groups excluding carboxylic acids is 1. The summed E-state index contributed by atoms with van der Waals surface area (Å²) in [6, 6.07) is 11.8. The molecule has 1 amide bonds. The molecule has 4 N–H and O–H groups in total. The Bertz CT molecular complexity index is 1560. The number of nitrogens with zero attached hydrogens (tertiary/aromatic N) is 5. The molecule has 2 unspecified atom stereocenters. The summed E-state index contributed by atoms with van der Waals surface area (Å²) in [6.07, 6.45) is 6.28. The van der Waals surface area contributed by atoms with Crippen molar-refractivity contribution >= 4 is 52.6 Å². The maximum atomic E-state index is 14.9. The molecule has 1 aliphatic rings. The predicted molar refractivity (Wildman–Crippen MR) is 152 cm³/mol. The number of aliphatic imine (C=N–C) groups is 1. The van der Waals surface area contributed by atoms with E-state index >= 15 is 0 Å². The maximum Gasteiger partial charge on any atom is 0.207 e. The molecular formula is C27H26ClFN8OS. The highest BCUT2D eigenvalue weighted by Crippen LogP contribution is 2.37. The lowest BCUT2D eigenvalue weighted by atomic mass is 9.90. The fraction of sp³-hybridized carbons (Fsp3) is 0.259. The minimum atomic E-state index is -0.489. The zero-order valence-electron chi connectivity index (χ0n) is 21.1. The largest absolute Gasteiger partial charge is 0.382 e. The van der Waals surface area contributed by atoms with Gasteiger partial charge in [-0.2, -0.15) is 5.26 Å². The molecule has 0 radical (unpaired) electrons. The van der Waals surface area contributed by atoms with E-state index in [2.05, 4.69) is 20.3 Å². The van der Waals surface area contributed by atoms with E-state index in [0.717, 1.165) is 29.9 Å². The number of thiophene rings is 1. The van der Waals surface area contributed by atoms with Gasteiger partial charge in [-0.05, 0) is 69.0 Å². The number of aromatic nitrogens is 3. The Kier molecular flexibility index (Phi) is 9.01. The molecule has 3 aromatic heterocycles. The molecule has 2 atom stereocenters. The van der Waals surface area contributed by atoms with Crippen LogP contribution in [0.15, 0.2) is 47.6 Å². The molecule has 0 bridgehead atoms. The summed E-state index contributed by atoms with van der Waals surface area (Å²) in [7, 11) is 0. The molecule has 200 valence electrons. The molecule has 12 heteroatoms. The van der Waals surface area contributed by atoms with E-state index < -0.39 is 5.82 Å². The average Bonchev–Trinajstić information content (AvgIpc) is 3.51. The van der Waals surface area contributed by atoms with Crippen LogP contribution in [-0.4, -0.2) is 39.2 Å². The number of nitrogens with two attached hydrogens (primary N) is 1. The number of aryl methyl sites for hydroxylation is 1. The molecule has 5 rings (SSSR count). The predicted octanol–water partition coefficient (Wildman–Crippen LogP) is 5.36. The maximum absolute atomic E-state index is 14.9. The van der Waals surface area contributed by atoms with Gasteiger partial charge in [-0.15, -0.1) is 11.3 Å². The van der Waals surface area contributed by atoms with Crippen molar-refractivity contribution in [2.45, 2.75) is 44.7 Å². The van der Waals surface area contributed by atoms with E-state index in [9.17, 15) is 14.4 Å². The fourth-order valence-electron chi connectivity index (χ4n) is 4.65. The second-order valence-electron chi connectivity index (χ2n) is 8.97. The quantitative estimate of drug-likeness (QED) is 0.164. The van der Waals surface area contributed by atoms with Crippen LogP contribution in [0.1, 0.15) is 47.9 Å². The molecule has 4 aromatic rings. The Hall–Kier alpha value is -4.14. The van der Waals surface area contributed by atoms with Crippen LogP contribution in [0.5, 0.6) is 0 Å². The zero-order chi connectivity index (χ0) is 27.9. The highest BCUT2D eigenvalue weighted by molar-refractivity contribution is 7.16. The number of nitrogens with one attached hydrogen (secondary N) is 2. The lowest BCUT2D eigenvalue weighted by molar-refractivity contribution is -0.110. The molecule has 1 saturated carbocycles. The molecule has 3 heterocycles. The second kappa shape index (κ2) is 12.6. The first-order valence-corrected chi connectivity index (χ1v) is 13.4. The average molecular weight is 565 g/mol. The summed E-state index contributed by atoms with van der Waals surface area (Å²) >= 11 is 7.19. The zero-order valence-corrected chi connectivity index (χ0v) is 22.6. The highest BCUT2D eigenvalue weighted by atomic mass is 35.5. The molecule has 1 aliphatic carbocycles. The summed E-state index contributed by atoms with van der Waals surface area (Å²) in [4.78, 5) is 25.0. The molecular weight excluding hydrogens is 539 g/mol. The van der Waals surface area contributed by atoms with Gasteiger partial charge in [0.15, 0.2) is 5.84 Å². The van der Waals surface area contributed by atoms with E-state index in [1.54, 1.807) is 17.4 Å². The standard InChI is InChI=1S/C22H21FN8O.C5H5ClS/c23-17-5-4-13(9-24)6-16(17)22-30-19-10-27-18(21(26)28-11-25)8-20(19)31(22)15-3-1-2-14(7-15)29-12-32;1-4-2-3-5(6)7-4/h4-6,8,10-12,14-15H,1-3,7H2,(H,29,32)(H3,25,26,28);2-3H,1H3. The fourth-order valence-corrected chi connectivity index (χ4v) is 5.66. The van der Waals surface area contributed by atoms with E-state index in [1.807, 2.05) is 29.7 Å². The number of pyridine rings is 1. The molecule has 1 aromatic carbocycles. The molecule has 0 spiro atoms. The van der Waals surface area contributed by atoms with Gasteiger partial charge in [0.2, 0.25) is 6.41 Å². The topological polar surface area (TPSA) is 146 Å². The van der Waals surface area contributed by atoms with Gasteiger partial charge in [0.05, 0.1) is 33.2 Å². The number of nitriles is 1. The van der Waals surface area contributed by atoms with Crippen molar-refractivity contribution in [2.24, 2.45) is 10.7 Å². The van der Waals surface area contributed by atoms with Crippen molar-refractivity contribution in [1.29, 1.82) is 10.7 Å². The van der Waals surface area contributed by atoms with E-state index in [-0.39, 0.29) is 23.5 Å².